The Bertz CT molecular complexity index is 968. The van der Waals surface area contributed by atoms with Crippen molar-refractivity contribution >= 4 is 21.4 Å². The lowest BCUT2D eigenvalue weighted by Gasteiger charge is -2.12. The SMILES string of the molecule is COc1ccc(C)cc1S(=O)(=O)NCc1cccnc1-c1cccs1. The lowest BCUT2D eigenvalue weighted by atomic mass is 10.2. The molecule has 0 aliphatic carbocycles. The predicted molar refractivity (Wildman–Crippen MR) is 99.3 cm³/mol. The molecule has 3 aromatic rings. The summed E-state index contributed by atoms with van der Waals surface area (Å²) in [5.41, 5.74) is 2.46. The topological polar surface area (TPSA) is 68.3 Å². The van der Waals surface area contributed by atoms with Gasteiger partial charge in [0.25, 0.3) is 0 Å². The molecule has 0 saturated heterocycles. The molecule has 0 fully saturated rings. The van der Waals surface area contributed by atoms with E-state index in [-0.39, 0.29) is 11.4 Å². The monoisotopic (exact) mass is 374 g/mol. The summed E-state index contributed by atoms with van der Waals surface area (Å²) in [6, 6.07) is 12.7. The number of hydrogen-bond donors (Lipinski definition) is 1. The van der Waals surface area contributed by atoms with E-state index in [4.69, 9.17) is 4.74 Å². The summed E-state index contributed by atoms with van der Waals surface area (Å²) < 4.78 is 33.3. The van der Waals surface area contributed by atoms with E-state index in [1.807, 2.05) is 36.6 Å². The van der Waals surface area contributed by atoms with E-state index in [0.717, 1.165) is 21.7 Å². The van der Waals surface area contributed by atoms with Crippen LogP contribution < -0.4 is 9.46 Å². The maximum absolute atomic E-state index is 12.7. The molecule has 1 aromatic carbocycles. The molecule has 0 amide bonds. The molecule has 0 aliphatic rings. The normalized spacial score (nSPS) is 11.4. The van der Waals surface area contributed by atoms with Crippen molar-refractivity contribution in [2.45, 2.75) is 18.4 Å². The number of aryl methyl sites for hydroxylation is 1. The zero-order valence-electron chi connectivity index (χ0n) is 13.9. The third kappa shape index (κ3) is 3.89. The van der Waals surface area contributed by atoms with Crippen LogP contribution in [0.15, 0.2) is 58.9 Å². The van der Waals surface area contributed by atoms with Crippen molar-refractivity contribution in [2.24, 2.45) is 0 Å². The summed E-state index contributed by atoms with van der Waals surface area (Å²) in [4.78, 5) is 5.53. The lowest BCUT2D eigenvalue weighted by Crippen LogP contribution is -2.24. The van der Waals surface area contributed by atoms with Crippen LogP contribution in [-0.4, -0.2) is 20.5 Å². The molecule has 0 unspecified atom stereocenters. The standard InChI is InChI=1S/C18H18N2O3S2/c1-13-7-8-15(23-2)17(11-13)25(21,22)20-12-14-5-3-9-19-18(14)16-6-4-10-24-16/h3-11,20H,12H2,1-2H3. The fourth-order valence-electron chi connectivity index (χ4n) is 2.46. The van der Waals surface area contributed by atoms with E-state index in [1.165, 1.54) is 7.11 Å². The maximum atomic E-state index is 12.7. The van der Waals surface area contributed by atoms with Gasteiger partial charge < -0.3 is 4.74 Å². The molecule has 7 heteroatoms. The van der Waals surface area contributed by atoms with E-state index in [2.05, 4.69) is 9.71 Å². The number of nitrogens with one attached hydrogen (secondary N) is 1. The molecule has 2 heterocycles. The Balaban J connectivity index is 1.88. The molecule has 1 N–H and O–H groups in total. The number of aromatic nitrogens is 1. The lowest BCUT2D eigenvalue weighted by molar-refractivity contribution is 0.402. The number of rotatable bonds is 6. The molecular weight excluding hydrogens is 356 g/mol. The van der Waals surface area contributed by atoms with Crippen LogP contribution in [0, 0.1) is 6.92 Å². The second-order valence-electron chi connectivity index (χ2n) is 5.47. The molecule has 25 heavy (non-hydrogen) atoms. The number of benzene rings is 1. The summed E-state index contributed by atoms with van der Waals surface area (Å²) in [5.74, 6) is 0.322. The van der Waals surface area contributed by atoms with Crippen LogP contribution >= 0.6 is 11.3 Å². The summed E-state index contributed by atoms with van der Waals surface area (Å²) in [5, 5.41) is 1.97. The van der Waals surface area contributed by atoms with Crippen molar-refractivity contribution in [3.8, 4) is 16.3 Å². The number of thiophene rings is 1. The number of methoxy groups -OCH3 is 1. The molecule has 0 saturated carbocycles. The fraction of sp³-hybridized carbons (Fsp3) is 0.167. The summed E-state index contributed by atoms with van der Waals surface area (Å²) >= 11 is 1.57. The van der Waals surface area contributed by atoms with Crippen molar-refractivity contribution in [2.75, 3.05) is 7.11 Å². The van der Waals surface area contributed by atoms with Crippen LogP contribution in [0.5, 0.6) is 5.75 Å². The van der Waals surface area contributed by atoms with Gasteiger partial charge >= 0.3 is 0 Å². The quantitative estimate of drug-likeness (QED) is 0.716. The predicted octanol–water partition coefficient (Wildman–Crippen LogP) is 3.61. The molecular formula is C18H18N2O3S2. The zero-order valence-corrected chi connectivity index (χ0v) is 15.5. The molecule has 0 bridgehead atoms. The minimum Gasteiger partial charge on any atom is -0.495 e. The molecule has 0 radical (unpaired) electrons. The fourth-order valence-corrected chi connectivity index (χ4v) is 4.48. The average Bonchev–Trinajstić information content (AvgIpc) is 3.15. The Hall–Kier alpha value is -2.22. The molecule has 0 aliphatic heterocycles. The highest BCUT2D eigenvalue weighted by molar-refractivity contribution is 7.89. The molecule has 5 nitrogen and oxygen atoms in total. The van der Waals surface area contributed by atoms with E-state index >= 15 is 0 Å². The van der Waals surface area contributed by atoms with Crippen molar-refractivity contribution in [3.05, 3.63) is 65.2 Å². The highest BCUT2D eigenvalue weighted by Gasteiger charge is 2.20. The Morgan fingerprint density at radius 3 is 2.76 bits per heavy atom. The van der Waals surface area contributed by atoms with E-state index in [0.29, 0.717) is 5.75 Å². The van der Waals surface area contributed by atoms with Crippen LogP contribution in [0.1, 0.15) is 11.1 Å². The molecule has 130 valence electrons. The largest absolute Gasteiger partial charge is 0.495 e. The van der Waals surface area contributed by atoms with Crippen LogP contribution in [-0.2, 0) is 16.6 Å². The van der Waals surface area contributed by atoms with Gasteiger partial charge in [-0.3, -0.25) is 4.98 Å². The van der Waals surface area contributed by atoms with Crippen molar-refractivity contribution < 1.29 is 13.2 Å². The van der Waals surface area contributed by atoms with Gasteiger partial charge in [0.1, 0.15) is 10.6 Å². The Morgan fingerprint density at radius 1 is 1.20 bits per heavy atom. The third-order valence-corrected chi connectivity index (χ3v) is 6.01. The molecule has 0 atom stereocenters. The highest BCUT2D eigenvalue weighted by atomic mass is 32.2. The minimum absolute atomic E-state index is 0.136. The van der Waals surface area contributed by atoms with E-state index in [9.17, 15) is 8.42 Å². The number of pyridine rings is 1. The smallest absolute Gasteiger partial charge is 0.244 e. The van der Waals surface area contributed by atoms with Gasteiger partial charge in [-0.25, -0.2) is 13.1 Å². The first-order chi connectivity index (χ1) is 12.0. The van der Waals surface area contributed by atoms with E-state index < -0.39 is 10.0 Å². The van der Waals surface area contributed by atoms with Gasteiger partial charge in [0.05, 0.1) is 17.7 Å². The number of hydrogen-bond acceptors (Lipinski definition) is 5. The van der Waals surface area contributed by atoms with Gasteiger partial charge in [-0.05, 0) is 47.7 Å². The van der Waals surface area contributed by atoms with Crippen LogP contribution in [0.25, 0.3) is 10.6 Å². The van der Waals surface area contributed by atoms with Gasteiger partial charge in [0.2, 0.25) is 10.0 Å². The Morgan fingerprint density at radius 2 is 2.04 bits per heavy atom. The van der Waals surface area contributed by atoms with Crippen LogP contribution in [0.3, 0.4) is 0 Å². The number of nitrogens with zero attached hydrogens (tertiary/aromatic N) is 1. The van der Waals surface area contributed by atoms with Gasteiger partial charge in [0, 0.05) is 12.7 Å². The Kier molecular flexibility index (Phi) is 5.17. The summed E-state index contributed by atoms with van der Waals surface area (Å²) in [6.45, 7) is 2.00. The van der Waals surface area contributed by atoms with Gasteiger partial charge in [-0.1, -0.05) is 18.2 Å². The first-order valence-electron chi connectivity index (χ1n) is 7.63. The second-order valence-corrected chi connectivity index (χ2v) is 8.15. The Labute approximate surface area is 151 Å². The highest BCUT2D eigenvalue weighted by Crippen LogP contribution is 2.27. The van der Waals surface area contributed by atoms with Crippen molar-refractivity contribution in [1.82, 2.24) is 9.71 Å². The van der Waals surface area contributed by atoms with Gasteiger partial charge in [-0.15, -0.1) is 11.3 Å². The van der Waals surface area contributed by atoms with Crippen molar-refractivity contribution in [3.63, 3.8) is 0 Å². The maximum Gasteiger partial charge on any atom is 0.244 e. The second kappa shape index (κ2) is 7.35. The zero-order chi connectivity index (χ0) is 17.9. The molecule has 2 aromatic heterocycles. The summed E-state index contributed by atoms with van der Waals surface area (Å²) in [7, 11) is -2.25. The first-order valence-corrected chi connectivity index (χ1v) is 9.99. The molecule has 0 spiro atoms. The average molecular weight is 374 g/mol. The van der Waals surface area contributed by atoms with Crippen LogP contribution in [0.4, 0.5) is 0 Å². The van der Waals surface area contributed by atoms with Crippen LogP contribution in [0.2, 0.25) is 0 Å². The summed E-state index contributed by atoms with van der Waals surface area (Å²) in [6.07, 6.45) is 1.70. The molecule has 3 rings (SSSR count). The van der Waals surface area contributed by atoms with Crippen molar-refractivity contribution in [1.29, 1.82) is 0 Å². The minimum atomic E-state index is -3.71. The number of sulfonamides is 1. The third-order valence-electron chi connectivity index (χ3n) is 3.71. The van der Waals surface area contributed by atoms with E-state index in [1.54, 1.807) is 35.7 Å². The van der Waals surface area contributed by atoms with Gasteiger partial charge in [0.15, 0.2) is 0 Å². The first kappa shape index (κ1) is 17.6. The van der Waals surface area contributed by atoms with Gasteiger partial charge in [-0.2, -0.15) is 0 Å². The number of ether oxygens (including phenoxy) is 1.